The van der Waals surface area contributed by atoms with Gasteiger partial charge in [-0.25, -0.2) is 9.78 Å². The normalized spacial score (nSPS) is 10.9. The maximum absolute atomic E-state index is 12.1. The molecule has 0 fully saturated rings. The van der Waals surface area contributed by atoms with Gasteiger partial charge in [-0.2, -0.15) is 0 Å². The molecule has 0 aliphatic rings. The van der Waals surface area contributed by atoms with E-state index in [1.54, 1.807) is 19.4 Å². The van der Waals surface area contributed by atoms with Crippen molar-refractivity contribution in [3.8, 4) is 5.75 Å². The first-order chi connectivity index (χ1) is 8.95. The first kappa shape index (κ1) is 15.5. The topological polar surface area (TPSA) is 48.4 Å². The molecule has 106 valence electrons. The number of nitrogens with zero attached hydrogens (tertiary/aromatic N) is 1. The highest BCUT2D eigenvalue weighted by Gasteiger charge is 2.19. The molecule has 0 unspecified atom stereocenters. The number of rotatable bonds is 6. The molecule has 0 aromatic carbocycles. The van der Waals surface area contributed by atoms with Gasteiger partial charge in [0.2, 0.25) is 0 Å². The molecule has 4 nitrogen and oxygen atoms in total. The minimum absolute atomic E-state index is 0.308. The average molecular weight is 265 g/mol. The summed E-state index contributed by atoms with van der Waals surface area (Å²) >= 11 is 0. The summed E-state index contributed by atoms with van der Waals surface area (Å²) in [6, 6.07) is 1.77. The van der Waals surface area contributed by atoms with Crippen LogP contribution in [-0.2, 0) is 11.2 Å². The fraction of sp³-hybridized carbons (Fsp3) is 0.600. The highest BCUT2D eigenvalue weighted by molar-refractivity contribution is 5.89. The lowest BCUT2D eigenvalue weighted by Crippen LogP contribution is -2.15. The van der Waals surface area contributed by atoms with Crippen molar-refractivity contribution in [3.05, 3.63) is 23.5 Å². The van der Waals surface area contributed by atoms with Gasteiger partial charge in [0.25, 0.3) is 0 Å². The first-order valence-corrected chi connectivity index (χ1v) is 6.64. The fourth-order valence-corrected chi connectivity index (χ4v) is 1.76. The van der Waals surface area contributed by atoms with Crippen LogP contribution in [-0.4, -0.2) is 24.7 Å². The molecule has 0 aliphatic heterocycles. The summed E-state index contributed by atoms with van der Waals surface area (Å²) in [5.41, 5.74) is 1.20. The van der Waals surface area contributed by atoms with Crippen LogP contribution in [0.4, 0.5) is 0 Å². The van der Waals surface area contributed by atoms with E-state index in [0.717, 1.165) is 12.0 Å². The number of pyridine rings is 1. The number of carbonyl (C=O) groups excluding carboxylic acids is 1. The predicted molar refractivity (Wildman–Crippen MR) is 74.5 cm³/mol. The number of methoxy groups -OCH3 is 1. The van der Waals surface area contributed by atoms with Gasteiger partial charge in [0.05, 0.1) is 13.7 Å². The number of hydrogen-bond donors (Lipinski definition) is 0. The van der Waals surface area contributed by atoms with Crippen LogP contribution in [0.5, 0.6) is 5.75 Å². The largest absolute Gasteiger partial charge is 0.496 e. The van der Waals surface area contributed by atoms with Crippen molar-refractivity contribution < 1.29 is 14.3 Å². The van der Waals surface area contributed by atoms with Crippen LogP contribution in [0, 0.1) is 11.8 Å². The van der Waals surface area contributed by atoms with Gasteiger partial charge in [0.15, 0.2) is 5.69 Å². The minimum atomic E-state index is -0.372. The second-order valence-corrected chi connectivity index (χ2v) is 5.43. The number of hydrogen-bond acceptors (Lipinski definition) is 4. The molecule has 0 N–H and O–H groups in total. The van der Waals surface area contributed by atoms with E-state index in [1.165, 1.54) is 0 Å². The Morgan fingerprint density at radius 3 is 2.47 bits per heavy atom. The van der Waals surface area contributed by atoms with Crippen LogP contribution in [0.3, 0.4) is 0 Å². The molecule has 1 aromatic rings. The lowest BCUT2D eigenvalue weighted by atomic mass is 10.0. The van der Waals surface area contributed by atoms with Crippen LogP contribution in [0.15, 0.2) is 12.3 Å². The molecule has 4 heteroatoms. The number of carbonyl (C=O) groups is 1. The Labute approximate surface area is 115 Å². The fourth-order valence-electron chi connectivity index (χ4n) is 1.76. The van der Waals surface area contributed by atoms with Crippen molar-refractivity contribution in [1.29, 1.82) is 0 Å². The van der Waals surface area contributed by atoms with Crippen LogP contribution < -0.4 is 4.74 Å². The number of ether oxygens (including phenoxy) is 2. The summed E-state index contributed by atoms with van der Waals surface area (Å²) in [5, 5.41) is 0. The van der Waals surface area contributed by atoms with E-state index < -0.39 is 0 Å². The summed E-state index contributed by atoms with van der Waals surface area (Å²) in [5.74, 6) is 1.04. The lowest BCUT2D eigenvalue weighted by molar-refractivity contribution is 0.0450. The zero-order valence-electron chi connectivity index (χ0n) is 12.4. The van der Waals surface area contributed by atoms with Crippen LogP contribution in [0.2, 0.25) is 0 Å². The molecule has 1 heterocycles. The smallest absolute Gasteiger partial charge is 0.357 e. The molecule has 1 rings (SSSR count). The van der Waals surface area contributed by atoms with Crippen molar-refractivity contribution in [1.82, 2.24) is 4.98 Å². The third-order valence-corrected chi connectivity index (χ3v) is 2.59. The summed E-state index contributed by atoms with van der Waals surface area (Å²) in [7, 11) is 1.60. The third-order valence-electron chi connectivity index (χ3n) is 2.59. The summed E-state index contributed by atoms with van der Waals surface area (Å²) in [6.45, 7) is 8.59. The Balaban J connectivity index is 3.01. The Kier molecular flexibility index (Phi) is 5.80. The molecular formula is C15H23NO3. The third kappa shape index (κ3) is 4.54. The predicted octanol–water partition coefficient (Wildman–Crippen LogP) is 3.10. The maximum Gasteiger partial charge on any atom is 0.357 e. The van der Waals surface area contributed by atoms with Gasteiger partial charge < -0.3 is 9.47 Å². The van der Waals surface area contributed by atoms with Crippen molar-refractivity contribution in [2.24, 2.45) is 11.8 Å². The van der Waals surface area contributed by atoms with Crippen molar-refractivity contribution in [3.63, 3.8) is 0 Å². The number of esters is 1. The first-order valence-electron chi connectivity index (χ1n) is 6.64. The van der Waals surface area contributed by atoms with Crippen LogP contribution in [0.25, 0.3) is 0 Å². The minimum Gasteiger partial charge on any atom is -0.496 e. The molecule has 0 spiro atoms. The van der Waals surface area contributed by atoms with Crippen molar-refractivity contribution in [2.75, 3.05) is 13.7 Å². The maximum atomic E-state index is 12.1. The Morgan fingerprint density at radius 2 is 1.95 bits per heavy atom. The summed E-state index contributed by atoms with van der Waals surface area (Å²) in [4.78, 5) is 16.2. The molecule has 0 aliphatic carbocycles. The SMILES string of the molecule is COc1ccnc(C(=O)OCC(C)C)c1CC(C)C. The van der Waals surface area contributed by atoms with E-state index in [1.807, 2.05) is 13.8 Å². The van der Waals surface area contributed by atoms with Crippen LogP contribution in [0.1, 0.15) is 43.7 Å². The van der Waals surface area contributed by atoms with E-state index in [9.17, 15) is 4.79 Å². The Morgan fingerprint density at radius 1 is 1.26 bits per heavy atom. The van der Waals surface area contributed by atoms with E-state index >= 15 is 0 Å². The highest BCUT2D eigenvalue weighted by atomic mass is 16.5. The molecule has 0 atom stereocenters. The van der Waals surface area contributed by atoms with Crippen LogP contribution >= 0.6 is 0 Å². The molecular weight excluding hydrogens is 242 g/mol. The van der Waals surface area contributed by atoms with Gasteiger partial charge in [-0.05, 0) is 24.3 Å². The second-order valence-electron chi connectivity index (χ2n) is 5.43. The zero-order chi connectivity index (χ0) is 14.4. The van der Waals surface area contributed by atoms with E-state index in [2.05, 4.69) is 18.8 Å². The molecule has 1 aromatic heterocycles. The summed E-state index contributed by atoms with van der Waals surface area (Å²) < 4.78 is 10.6. The van der Waals surface area contributed by atoms with Crippen molar-refractivity contribution in [2.45, 2.75) is 34.1 Å². The Bertz CT molecular complexity index is 427. The van der Waals surface area contributed by atoms with Gasteiger partial charge in [-0.15, -0.1) is 0 Å². The lowest BCUT2D eigenvalue weighted by Gasteiger charge is -2.14. The van der Waals surface area contributed by atoms with E-state index in [-0.39, 0.29) is 5.97 Å². The van der Waals surface area contributed by atoms with Crippen molar-refractivity contribution >= 4 is 5.97 Å². The molecule has 0 bridgehead atoms. The van der Waals surface area contributed by atoms with Gasteiger partial charge in [-0.3, -0.25) is 0 Å². The van der Waals surface area contributed by atoms with Gasteiger partial charge in [0.1, 0.15) is 5.75 Å². The van der Waals surface area contributed by atoms with E-state index in [4.69, 9.17) is 9.47 Å². The van der Waals surface area contributed by atoms with Gasteiger partial charge >= 0.3 is 5.97 Å². The molecule has 0 radical (unpaired) electrons. The molecule has 19 heavy (non-hydrogen) atoms. The highest BCUT2D eigenvalue weighted by Crippen LogP contribution is 2.24. The van der Waals surface area contributed by atoms with Gasteiger partial charge in [0, 0.05) is 11.8 Å². The van der Waals surface area contributed by atoms with E-state index in [0.29, 0.717) is 29.9 Å². The molecule has 0 amide bonds. The summed E-state index contributed by atoms with van der Waals surface area (Å²) in [6.07, 6.45) is 2.32. The van der Waals surface area contributed by atoms with Gasteiger partial charge in [-0.1, -0.05) is 27.7 Å². The standard InChI is InChI=1S/C15H23NO3/c1-10(2)8-12-13(18-5)6-7-16-14(12)15(17)19-9-11(3)4/h6-7,10-11H,8-9H2,1-5H3. The second kappa shape index (κ2) is 7.12. The zero-order valence-corrected chi connectivity index (χ0v) is 12.4. The molecule has 0 saturated heterocycles. The average Bonchev–Trinajstić information content (AvgIpc) is 2.35. The monoisotopic (exact) mass is 265 g/mol. The number of aromatic nitrogens is 1. The molecule has 0 saturated carbocycles. The Hall–Kier alpha value is -1.58. The quantitative estimate of drug-likeness (QED) is 0.742.